The van der Waals surface area contributed by atoms with E-state index in [1.807, 2.05) is 69.3 Å². The normalized spacial score (nSPS) is 15.0. The molecule has 0 saturated carbocycles. The van der Waals surface area contributed by atoms with Crippen LogP contribution in [0.25, 0.3) is 6.08 Å². The third-order valence-corrected chi connectivity index (χ3v) is 5.00. The fraction of sp³-hybridized carbons (Fsp3) is 0.304. The Kier molecular flexibility index (Phi) is 6.88. The summed E-state index contributed by atoms with van der Waals surface area (Å²) in [5.41, 5.74) is 3.67. The number of carbonyl (C=O) groups excluding carboxylic acids is 1. The van der Waals surface area contributed by atoms with Gasteiger partial charge in [-0.15, -0.1) is 0 Å². The van der Waals surface area contributed by atoms with Gasteiger partial charge in [0.25, 0.3) is 5.91 Å². The molecule has 0 radical (unpaired) electrons. The zero-order chi connectivity index (χ0) is 20.8. The monoisotopic (exact) mass is 410 g/mol. The second-order valence-electron chi connectivity index (χ2n) is 6.70. The molecule has 1 saturated heterocycles. The molecule has 2 aromatic rings. The van der Waals surface area contributed by atoms with Gasteiger partial charge in [-0.2, -0.15) is 0 Å². The maximum absolute atomic E-state index is 12.8. The maximum Gasteiger partial charge on any atom is 0.276 e. The van der Waals surface area contributed by atoms with Crippen molar-refractivity contribution in [2.45, 2.75) is 27.2 Å². The minimum absolute atomic E-state index is 0.103. The molecule has 0 atom stereocenters. The average molecular weight is 411 g/mol. The largest absolute Gasteiger partial charge is 0.490 e. The molecule has 2 aromatic carbocycles. The molecule has 0 spiro atoms. The van der Waals surface area contributed by atoms with Gasteiger partial charge >= 0.3 is 0 Å². The van der Waals surface area contributed by atoms with Gasteiger partial charge in [0.1, 0.15) is 5.70 Å². The number of hydrogen-bond acceptors (Lipinski definition) is 4. The average Bonchev–Trinajstić information content (AvgIpc) is 2.97. The molecule has 3 rings (SSSR count). The summed E-state index contributed by atoms with van der Waals surface area (Å²) in [7, 11) is 0. The summed E-state index contributed by atoms with van der Waals surface area (Å²) in [4.78, 5) is 14.4. The van der Waals surface area contributed by atoms with E-state index in [9.17, 15) is 4.79 Å². The lowest BCUT2D eigenvalue weighted by molar-refractivity contribution is -0.122. The molecular formula is C23H26N2O3S. The van der Waals surface area contributed by atoms with Gasteiger partial charge < -0.3 is 14.8 Å². The number of nitrogens with zero attached hydrogens (tertiary/aromatic N) is 1. The van der Waals surface area contributed by atoms with E-state index in [-0.39, 0.29) is 5.91 Å². The fourth-order valence-corrected chi connectivity index (χ4v) is 3.46. The third-order valence-electron chi connectivity index (χ3n) is 4.68. The summed E-state index contributed by atoms with van der Waals surface area (Å²) in [5.74, 6) is 1.35. The Labute approximate surface area is 177 Å². The van der Waals surface area contributed by atoms with Crippen LogP contribution in [0.1, 0.15) is 30.5 Å². The fourth-order valence-electron chi connectivity index (χ4n) is 3.17. The molecule has 1 fully saturated rings. The van der Waals surface area contributed by atoms with Crippen molar-refractivity contribution in [1.82, 2.24) is 10.2 Å². The van der Waals surface area contributed by atoms with Gasteiger partial charge in [0.05, 0.1) is 13.2 Å². The van der Waals surface area contributed by atoms with E-state index >= 15 is 0 Å². The molecule has 5 nitrogen and oxygen atoms in total. The van der Waals surface area contributed by atoms with Crippen LogP contribution < -0.4 is 14.8 Å². The smallest absolute Gasteiger partial charge is 0.276 e. The molecule has 6 heteroatoms. The molecule has 29 heavy (non-hydrogen) atoms. The Morgan fingerprint density at radius 1 is 1.07 bits per heavy atom. The van der Waals surface area contributed by atoms with Crippen molar-refractivity contribution in [3.63, 3.8) is 0 Å². The van der Waals surface area contributed by atoms with Crippen LogP contribution in [0.5, 0.6) is 11.5 Å². The first-order valence-corrected chi connectivity index (χ1v) is 10.2. The number of ether oxygens (including phenoxy) is 2. The van der Waals surface area contributed by atoms with E-state index in [2.05, 4.69) is 5.32 Å². The van der Waals surface area contributed by atoms with Gasteiger partial charge in [-0.05, 0) is 74.3 Å². The second-order valence-corrected chi connectivity index (χ2v) is 7.09. The summed E-state index contributed by atoms with van der Waals surface area (Å²) in [5, 5.41) is 3.48. The van der Waals surface area contributed by atoms with Crippen LogP contribution in [-0.2, 0) is 11.2 Å². The van der Waals surface area contributed by atoms with E-state index in [4.69, 9.17) is 21.7 Å². The number of carbonyl (C=O) groups is 1. The van der Waals surface area contributed by atoms with Crippen molar-refractivity contribution < 1.29 is 14.3 Å². The van der Waals surface area contributed by atoms with Crippen LogP contribution in [0.2, 0.25) is 0 Å². The highest BCUT2D eigenvalue weighted by Crippen LogP contribution is 2.29. The Morgan fingerprint density at radius 3 is 2.52 bits per heavy atom. The zero-order valence-corrected chi connectivity index (χ0v) is 17.8. The van der Waals surface area contributed by atoms with Crippen LogP contribution in [-0.4, -0.2) is 35.7 Å². The highest BCUT2D eigenvalue weighted by molar-refractivity contribution is 7.80. The van der Waals surface area contributed by atoms with E-state index in [0.717, 1.165) is 28.2 Å². The quantitative estimate of drug-likeness (QED) is 0.525. The van der Waals surface area contributed by atoms with Gasteiger partial charge in [-0.1, -0.05) is 30.3 Å². The van der Waals surface area contributed by atoms with Crippen molar-refractivity contribution in [3.05, 3.63) is 64.9 Å². The molecule has 0 aliphatic carbocycles. The van der Waals surface area contributed by atoms with E-state index in [0.29, 0.717) is 37.0 Å². The van der Waals surface area contributed by atoms with Gasteiger partial charge in [-0.25, -0.2) is 0 Å². The van der Waals surface area contributed by atoms with E-state index in [1.165, 1.54) is 0 Å². The predicted octanol–water partition coefficient (Wildman–Crippen LogP) is 4.09. The SMILES string of the molecule is CCOc1ccc(CCN2C(=O)/C(=C\c3ccccc3C)NC2=S)cc1OCC. The lowest BCUT2D eigenvalue weighted by Gasteiger charge is -2.15. The Hall–Kier alpha value is -2.86. The summed E-state index contributed by atoms with van der Waals surface area (Å²) >= 11 is 5.39. The molecule has 0 unspecified atom stereocenters. The van der Waals surface area contributed by atoms with Crippen LogP contribution in [0.3, 0.4) is 0 Å². The lowest BCUT2D eigenvalue weighted by Crippen LogP contribution is -2.32. The molecule has 0 aromatic heterocycles. The van der Waals surface area contributed by atoms with Crippen LogP contribution in [0.15, 0.2) is 48.2 Å². The number of benzene rings is 2. The number of aryl methyl sites for hydroxylation is 1. The standard InChI is InChI=1S/C23H26N2O3S/c1-4-27-20-11-10-17(14-21(20)28-5-2)12-13-25-22(26)19(24-23(25)29)15-18-9-7-6-8-16(18)3/h6-11,14-15H,4-5,12-13H2,1-3H3,(H,24,29)/b19-15+. The van der Waals surface area contributed by atoms with Gasteiger partial charge in [0, 0.05) is 6.54 Å². The van der Waals surface area contributed by atoms with Crippen LogP contribution in [0.4, 0.5) is 0 Å². The summed E-state index contributed by atoms with van der Waals surface area (Å²) in [6.45, 7) is 7.54. The first kappa shape index (κ1) is 20.9. The molecular weight excluding hydrogens is 384 g/mol. The predicted molar refractivity (Wildman–Crippen MR) is 119 cm³/mol. The van der Waals surface area contributed by atoms with Crippen LogP contribution in [0, 0.1) is 6.92 Å². The summed E-state index contributed by atoms with van der Waals surface area (Å²) in [6, 6.07) is 13.8. The lowest BCUT2D eigenvalue weighted by atomic mass is 10.1. The first-order valence-electron chi connectivity index (χ1n) is 9.82. The Balaban J connectivity index is 1.71. The number of amides is 1. The van der Waals surface area contributed by atoms with Gasteiger partial charge in [0.15, 0.2) is 16.6 Å². The topological polar surface area (TPSA) is 50.8 Å². The van der Waals surface area contributed by atoms with Crippen molar-refractivity contribution in [1.29, 1.82) is 0 Å². The van der Waals surface area contributed by atoms with Crippen molar-refractivity contribution >= 4 is 29.3 Å². The van der Waals surface area contributed by atoms with Gasteiger partial charge in [0.2, 0.25) is 0 Å². The zero-order valence-electron chi connectivity index (χ0n) is 17.0. The molecule has 152 valence electrons. The van der Waals surface area contributed by atoms with Crippen LogP contribution >= 0.6 is 12.2 Å². The maximum atomic E-state index is 12.8. The number of rotatable bonds is 8. The Bertz CT molecular complexity index is 939. The summed E-state index contributed by atoms with van der Waals surface area (Å²) < 4.78 is 11.3. The van der Waals surface area contributed by atoms with Gasteiger partial charge in [-0.3, -0.25) is 9.69 Å². The van der Waals surface area contributed by atoms with E-state index < -0.39 is 0 Å². The number of hydrogen-bond donors (Lipinski definition) is 1. The van der Waals surface area contributed by atoms with Crippen molar-refractivity contribution in [3.8, 4) is 11.5 Å². The first-order chi connectivity index (χ1) is 14.0. The molecule has 1 amide bonds. The summed E-state index contributed by atoms with van der Waals surface area (Å²) in [6.07, 6.45) is 2.52. The van der Waals surface area contributed by atoms with E-state index in [1.54, 1.807) is 4.90 Å². The minimum atomic E-state index is -0.103. The third kappa shape index (κ3) is 4.95. The highest BCUT2D eigenvalue weighted by atomic mass is 32.1. The molecule has 1 N–H and O–H groups in total. The Morgan fingerprint density at radius 2 is 1.79 bits per heavy atom. The highest BCUT2D eigenvalue weighted by Gasteiger charge is 2.30. The molecule has 0 bridgehead atoms. The van der Waals surface area contributed by atoms with Crippen molar-refractivity contribution in [2.75, 3.05) is 19.8 Å². The minimum Gasteiger partial charge on any atom is -0.490 e. The molecule has 1 heterocycles. The number of thiocarbonyl (C=S) groups is 1. The second kappa shape index (κ2) is 9.56. The number of nitrogens with one attached hydrogen (secondary N) is 1. The van der Waals surface area contributed by atoms with Crippen molar-refractivity contribution in [2.24, 2.45) is 0 Å². The molecule has 1 aliphatic rings. The molecule has 1 aliphatic heterocycles.